The molecule has 2 aliphatic rings. The molecule has 0 radical (unpaired) electrons. The Hall–Kier alpha value is -0.790. The quantitative estimate of drug-likeness (QED) is 0.606. The van der Waals surface area contributed by atoms with Gasteiger partial charge in [0.25, 0.3) is 0 Å². The van der Waals surface area contributed by atoms with E-state index in [1.165, 1.54) is 37.7 Å². The molecule has 6 atom stereocenters. The van der Waals surface area contributed by atoms with E-state index in [0.29, 0.717) is 11.3 Å². The summed E-state index contributed by atoms with van der Waals surface area (Å²) in [5.41, 5.74) is 2.07. The summed E-state index contributed by atoms with van der Waals surface area (Å²) >= 11 is 0. The number of aromatic nitrogens is 2. The fourth-order valence-electron chi connectivity index (χ4n) is 4.78. The lowest BCUT2D eigenvalue weighted by Crippen LogP contribution is -2.10. The maximum absolute atomic E-state index is 4.31. The van der Waals surface area contributed by atoms with Crippen LogP contribution in [0.3, 0.4) is 0 Å². The van der Waals surface area contributed by atoms with E-state index < -0.39 is 0 Å². The van der Waals surface area contributed by atoms with Crippen LogP contribution in [-0.2, 0) is 7.05 Å². The minimum atomic E-state index is 0.660. The zero-order valence-corrected chi connectivity index (χ0v) is 16.0. The Labute approximate surface area is 143 Å². The fraction of sp³-hybridized carbons (Fsp3) is 0.857. The highest BCUT2D eigenvalue weighted by atomic mass is 15.2. The molecule has 0 saturated heterocycles. The second-order valence-electron chi connectivity index (χ2n) is 9.36. The van der Waals surface area contributed by atoms with Crippen molar-refractivity contribution in [1.82, 2.24) is 9.78 Å². The molecule has 2 aliphatic carbocycles. The number of aryl methyl sites for hydroxylation is 1. The van der Waals surface area contributed by atoms with Gasteiger partial charge in [0.2, 0.25) is 0 Å². The summed E-state index contributed by atoms with van der Waals surface area (Å²) in [5.74, 6) is 5.50. The predicted octanol–water partition coefficient (Wildman–Crippen LogP) is 5.65. The third-order valence-electron chi connectivity index (χ3n) is 7.41. The van der Waals surface area contributed by atoms with Crippen LogP contribution in [0.15, 0.2) is 12.4 Å². The van der Waals surface area contributed by atoms with Crippen LogP contribution < -0.4 is 0 Å². The molecular formula is C21H36N2. The summed E-state index contributed by atoms with van der Waals surface area (Å²) in [6, 6.07) is 0. The van der Waals surface area contributed by atoms with Crippen molar-refractivity contribution in [1.29, 1.82) is 0 Å². The normalized spacial score (nSPS) is 35.3. The van der Waals surface area contributed by atoms with E-state index in [4.69, 9.17) is 0 Å². The van der Waals surface area contributed by atoms with Gasteiger partial charge < -0.3 is 0 Å². The van der Waals surface area contributed by atoms with Gasteiger partial charge >= 0.3 is 0 Å². The van der Waals surface area contributed by atoms with Gasteiger partial charge in [-0.05, 0) is 78.6 Å². The monoisotopic (exact) mass is 316 g/mol. The Balaban J connectivity index is 1.38. The van der Waals surface area contributed by atoms with Crippen molar-refractivity contribution in [3.63, 3.8) is 0 Å². The minimum absolute atomic E-state index is 0.660. The highest BCUT2D eigenvalue weighted by molar-refractivity contribution is 5.10. The molecule has 2 nitrogen and oxygen atoms in total. The molecule has 1 aromatic rings. The van der Waals surface area contributed by atoms with Crippen LogP contribution in [0, 0.1) is 35.0 Å². The van der Waals surface area contributed by atoms with Gasteiger partial charge in [0.1, 0.15) is 0 Å². The van der Waals surface area contributed by atoms with E-state index in [1.807, 2.05) is 17.9 Å². The van der Waals surface area contributed by atoms with Crippen molar-refractivity contribution in [3.05, 3.63) is 18.0 Å². The molecule has 1 aromatic heterocycles. The minimum Gasteiger partial charge on any atom is -0.276 e. The van der Waals surface area contributed by atoms with E-state index in [1.54, 1.807) is 0 Å². The summed E-state index contributed by atoms with van der Waals surface area (Å²) in [5, 5.41) is 4.31. The van der Waals surface area contributed by atoms with Gasteiger partial charge in [0.05, 0.1) is 6.20 Å². The summed E-state index contributed by atoms with van der Waals surface area (Å²) in [4.78, 5) is 0. The lowest BCUT2D eigenvalue weighted by molar-refractivity contribution is 0.313. The molecule has 130 valence electrons. The van der Waals surface area contributed by atoms with Gasteiger partial charge in [-0.3, -0.25) is 4.68 Å². The van der Waals surface area contributed by atoms with Crippen molar-refractivity contribution in [2.75, 3.05) is 0 Å². The lowest BCUT2D eigenvalue weighted by Gasteiger charge is -2.18. The Morgan fingerprint density at radius 1 is 1.30 bits per heavy atom. The molecule has 0 amide bonds. The van der Waals surface area contributed by atoms with Crippen LogP contribution in [0.1, 0.15) is 78.2 Å². The highest BCUT2D eigenvalue weighted by Gasteiger charge is 2.53. The third kappa shape index (κ3) is 3.67. The molecule has 2 fully saturated rings. The SMILES string of the molecule is CC(CCC1CC1C(C)CC1CC1(C)C(C)C)c1cnn(C)c1. The number of nitrogens with zero attached hydrogens (tertiary/aromatic N) is 2. The summed E-state index contributed by atoms with van der Waals surface area (Å²) in [6.45, 7) is 12.2. The Morgan fingerprint density at radius 2 is 2.04 bits per heavy atom. The number of hydrogen-bond donors (Lipinski definition) is 0. The largest absolute Gasteiger partial charge is 0.276 e. The molecule has 23 heavy (non-hydrogen) atoms. The standard InChI is InChI=1S/C21H36N2/c1-14(2)21(5)11-19(21)9-16(4)20-10-17(20)8-7-15(3)18-12-22-23(6)13-18/h12-17,19-20H,7-11H2,1-6H3. The van der Waals surface area contributed by atoms with E-state index >= 15 is 0 Å². The van der Waals surface area contributed by atoms with Crippen LogP contribution in [0.2, 0.25) is 0 Å². The molecular weight excluding hydrogens is 280 g/mol. The fourth-order valence-corrected chi connectivity index (χ4v) is 4.78. The zero-order valence-electron chi connectivity index (χ0n) is 16.0. The van der Waals surface area contributed by atoms with Crippen LogP contribution in [0.4, 0.5) is 0 Å². The molecule has 3 rings (SSSR count). The maximum Gasteiger partial charge on any atom is 0.0524 e. The molecule has 2 saturated carbocycles. The van der Waals surface area contributed by atoms with Crippen molar-refractivity contribution in [2.45, 2.75) is 72.6 Å². The molecule has 0 aromatic carbocycles. The van der Waals surface area contributed by atoms with Crippen LogP contribution in [0.25, 0.3) is 0 Å². The second-order valence-corrected chi connectivity index (χ2v) is 9.36. The van der Waals surface area contributed by atoms with E-state index in [0.717, 1.165) is 29.6 Å². The smallest absolute Gasteiger partial charge is 0.0524 e. The molecule has 0 spiro atoms. The van der Waals surface area contributed by atoms with E-state index in [2.05, 4.69) is 45.9 Å². The second kappa shape index (κ2) is 6.26. The third-order valence-corrected chi connectivity index (χ3v) is 7.41. The lowest BCUT2D eigenvalue weighted by atomic mass is 9.87. The van der Waals surface area contributed by atoms with Crippen molar-refractivity contribution < 1.29 is 0 Å². The van der Waals surface area contributed by atoms with Crippen LogP contribution in [-0.4, -0.2) is 9.78 Å². The summed E-state index contributed by atoms with van der Waals surface area (Å²) in [6.07, 6.45) is 11.4. The number of rotatable bonds is 8. The zero-order chi connectivity index (χ0) is 16.8. The van der Waals surface area contributed by atoms with Crippen molar-refractivity contribution in [2.24, 2.45) is 42.1 Å². The van der Waals surface area contributed by atoms with Gasteiger partial charge in [-0.15, -0.1) is 0 Å². The Bertz CT molecular complexity index is 532. The molecule has 0 N–H and O–H groups in total. The molecule has 6 unspecified atom stereocenters. The maximum atomic E-state index is 4.31. The predicted molar refractivity (Wildman–Crippen MR) is 97.3 cm³/mol. The highest BCUT2D eigenvalue weighted by Crippen LogP contribution is 2.62. The Kier molecular flexibility index (Phi) is 4.64. The van der Waals surface area contributed by atoms with Crippen molar-refractivity contribution in [3.8, 4) is 0 Å². The van der Waals surface area contributed by atoms with Gasteiger partial charge in [-0.2, -0.15) is 5.10 Å². The first-order chi connectivity index (χ1) is 10.8. The first-order valence-electron chi connectivity index (χ1n) is 9.79. The van der Waals surface area contributed by atoms with E-state index in [-0.39, 0.29) is 0 Å². The summed E-state index contributed by atoms with van der Waals surface area (Å²) < 4.78 is 1.93. The van der Waals surface area contributed by atoms with E-state index in [9.17, 15) is 0 Å². The first-order valence-corrected chi connectivity index (χ1v) is 9.79. The van der Waals surface area contributed by atoms with Crippen LogP contribution >= 0.6 is 0 Å². The summed E-state index contributed by atoms with van der Waals surface area (Å²) in [7, 11) is 2.01. The topological polar surface area (TPSA) is 17.8 Å². The van der Waals surface area contributed by atoms with Crippen LogP contribution in [0.5, 0.6) is 0 Å². The van der Waals surface area contributed by atoms with Gasteiger partial charge in [-0.1, -0.05) is 34.6 Å². The molecule has 1 heterocycles. The Morgan fingerprint density at radius 3 is 2.61 bits per heavy atom. The average molecular weight is 317 g/mol. The van der Waals surface area contributed by atoms with Gasteiger partial charge in [0.15, 0.2) is 0 Å². The van der Waals surface area contributed by atoms with Crippen molar-refractivity contribution >= 4 is 0 Å². The number of hydrogen-bond acceptors (Lipinski definition) is 1. The van der Waals surface area contributed by atoms with Gasteiger partial charge in [0, 0.05) is 13.2 Å². The first kappa shape index (κ1) is 17.0. The van der Waals surface area contributed by atoms with Gasteiger partial charge in [-0.25, -0.2) is 0 Å². The molecule has 0 bridgehead atoms. The molecule has 2 heteroatoms. The average Bonchev–Trinajstić information content (AvgIpc) is 3.35. The molecule has 0 aliphatic heterocycles.